The quantitative estimate of drug-likeness (QED) is 0.0402. The summed E-state index contributed by atoms with van der Waals surface area (Å²) in [5.74, 6) is -4.15. The van der Waals surface area contributed by atoms with Crippen molar-refractivity contribution in [3.8, 4) is 0 Å². The SMILES string of the molecule is CCCCCCCCN1C(=O)c2ccc3c4ccc5c6c(ccc(c7ccc(c2c37)C1=O)c64)C(=O)N(c1cccc2c1C1c3ccccc3C2c2cccc(N3C(=O)c4ccc6c7ccc8c9c(ccc(c%10ccc(c4c6%10)C3=O)c97)C(=O)N(CCCCCCCC)C8=O)c21)C5=O. The Kier molecular flexibility index (Phi) is 12.2. The van der Waals surface area contributed by atoms with Gasteiger partial charge in [0.2, 0.25) is 0 Å². The number of carbonyl (C=O) groups excluding carboxylic acids is 8. The van der Waals surface area contributed by atoms with Crippen LogP contribution in [-0.2, 0) is 0 Å². The fourth-order valence-corrected chi connectivity index (χ4v) is 18.2. The van der Waals surface area contributed by atoms with Crippen molar-refractivity contribution in [1.82, 2.24) is 9.80 Å². The number of hydrogen-bond acceptors (Lipinski definition) is 8. The molecule has 8 amide bonds. The minimum absolute atomic E-state index is 0.293. The molecule has 0 atom stereocenters. The van der Waals surface area contributed by atoms with E-state index < -0.39 is 35.5 Å². The van der Waals surface area contributed by atoms with Crippen LogP contribution in [-0.4, -0.2) is 70.1 Å². The molecular formula is C84H62N4O8. The van der Waals surface area contributed by atoms with E-state index in [2.05, 4.69) is 38.1 Å². The summed E-state index contributed by atoms with van der Waals surface area (Å²) in [6, 6.07) is 49.8. The first-order valence-corrected chi connectivity index (χ1v) is 34.2. The predicted octanol–water partition coefficient (Wildman–Crippen LogP) is 18.3. The van der Waals surface area contributed by atoms with Crippen LogP contribution in [0.1, 0.15) is 219 Å². The van der Waals surface area contributed by atoms with Crippen molar-refractivity contribution in [3.63, 3.8) is 0 Å². The van der Waals surface area contributed by atoms with Crippen LogP contribution in [0, 0.1) is 0 Å². The van der Waals surface area contributed by atoms with Gasteiger partial charge in [-0.1, -0.05) is 175 Å². The Morgan fingerprint density at radius 1 is 0.250 bits per heavy atom. The molecular weight excluding hydrogens is 1190 g/mol. The number of nitrogens with zero attached hydrogens (tertiary/aromatic N) is 4. The van der Waals surface area contributed by atoms with E-state index in [1.807, 2.05) is 109 Å². The van der Waals surface area contributed by atoms with E-state index in [1.165, 1.54) is 32.4 Å². The zero-order chi connectivity index (χ0) is 64.8. The van der Waals surface area contributed by atoms with Crippen molar-refractivity contribution in [2.24, 2.45) is 0 Å². The summed E-state index contributed by atoms with van der Waals surface area (Å²) in [5.41, 5.74) is 9.52. The molecule has 0 fully saturated rings. The van der Waals surface area contributed by atoms with E-state index >= 15 is 19.2 Å². The van der Waals surface area contributed by atoms with Gasteiger partial charge in [-0.15, -0.1) is 0 Å². The third kappa shape index (κ3) is 7.33. The van der Waals surface area contributed by atoms with E-state index in [1.54, 1.807) is 24.3 Å². The molecule has 12 nitrogen and oxygen atoms in total. The maximum Gasteiger partial charge on any atom is 0.265 e. The van der Waals surface area contributed by atoms with Crippen LogP contribution >= 0.6 is 0 Å². The summed E-state index contributed by atoms with van der Waals surface area (Å²) in [6.45, 7) is 5.08. The molecule has 13 aromatic rings. The van der Waals surface area contributed by atoms with Crippen LogP contribution in [0.25, 0.3) is 86.2 Å². The van der Waals surface area contributed by atoms with E-state index in [9.17, 15) is 19.2 Å². The van der Waals surface area contributed by atoms with Gasteiger partial charge >= 0.3 is 0 Å². The molecule has 96 heavy (non-hydrogen) atoms. The van der Waals surface area contributed by atoms with E-state index in [-0.39, 0.29) is 23.6 Å². The molecule has 7 aliphatic rings. The fourth-order valence-electron chi connectivity index (χ4n) is 18.2. The smallest absolute Gasteiger partial charge is 0.265 e. The lowest BCUT2D eigenvalue weighted by Gasteiger charge is -2.45. The van der Waals surface area contributed by atoms with Crippen molar-refractivity contribution in [2.75, 3.05) is 22.9 Å². The molecule has 0 radical (unpaired) electrons. The second-order valence-electron chi connectivity index (χ2n) is 27.3. The lowest BCUT2D eigenvalue weighted by molar-refractivity contribution is 0.0592. The molecule has 20 rings (SSSR count). The van der Waals surface area contributed by atoms with E-state index in [0.717, 1.165) is 162 Å². The zero-order valence-electron chi connectivity index (χ0n) is 53.1. The van der Waals surface area contributed by atoms with Crippen molar-refractivity contribution in [1.29, 1.82) is 0 Å². The number of amides is 8. The average Bonchev–Trinajstić information content (AvgIpc) is 0.355. The number of benzene rings is 13. The molecule has 0 spiro atoms. The molecule has 0 aromatic heterocycles. The second-order valence-corrected chi connectivity index (χ2v) is 27.3. The van der Waals surface area contributed by atoms with Gasteiger partial charge in [0.15, 0.2) is 0 Å². The Bertz CT molecular complexity index is 5250. The summed E-state index contributed by atoms with van der Waals surface area (Å²) in [7, 11) is 0. The van der Waals surface area contributed by atoms with Crippen LogP contribution in [0.15, 0.2) is 158 Å². The molecule has 0 unspecified atom stereocenters. The largest absolute Gasteiger partial charge is 0.274 e. The van der Waals surface area contributed by atoms with Gasteiger partial charge in [-0.2, -0.15) is 0 Å². The maximum absolute atomic E-state index is 15.8. The van der Waals surface area contributed by atoms with Gasteiger partial charge in [0.1, 0.15) is 0 Å². The molecule has 3 aliphatic carbocycles. The minimum Gasteiger partial charge on any atom is -0.274 e. The van der Waals surface area contributed by atoms with E-state index in [0.29, 0.717) is 90.5 Å². The lowest BCUT2D eigenvalue weighted by atomic mass is 9.60. The number of rotatable bonds is 16. The van der Waals surface area contributed by atoms with Gasteiger partial charge in [-0.05, 0) is 172 Å². The highest BCUT2D eigenvalue weighted by molar-refractivity contribution is 6.46. The topological polar surface area (TPSA) is 150 Å². The summed E-state index contributed by atoms with van der Waals surface area (Å²) in [5, 5.41) is 12.0. The number of hydrogen-bond donors (Lipinski definition) is 0. The first kappa shape index (κ1) is 56.6. The molecule has 13 aromatic carbocycles. The summed E-state index contributed by atoms with van der Waals surface area (Å²) < 4.78 is 0. The molecule has 2 bridgehead atoms. The standard InChI is InChI=1S/C84H62N4O8/c1-3-5-7-9-11-15-41-85-77(89)55-33-25-45-49-29-37-59-72-60(38-30-50(68(49)72)46-26-34-56(78(85)90)70(55)66(45)46)82(94)87(81(59)93)63-23-17-21-53-65-43-19-13-14-20-44(43)76(74(53)63)75-54(65)22-18-24-64(75)88-83(95)61-39-31-51-47-27-35-57-71-58(80(92)86(79(57)91)42-16-12-10-8-6-4-2)36-28-48(67(47)71)52-32-40-62(84(88)96)73(61)69(51)52/h13-14,17-40,65,76H,3-12,15-16,41-42H2,1-2H3. The summed E-state index contributed by atoms with van der Waals surface area (Å²) in [4.78, 5) is 126. The molecule has 0 saturated heterocycles. The third-order valence-electron chi connectivity index (χ3n) is 22.4. The van der Waals surface area contributed by atoms with Crippen LogP contribution in [0.3, 0.4) is 0 Å². The summed E-state index contributed by atoms with van der Waals surface area (Å²) in [6.07, 6.45) is 12.4. The Hall–Kier alpha value is -11.0. The van der Waals surface area contributed by atoms with Crippen molar-refractivity contribution in [3.05, 3.63) is 236 Å². The van der Waals surface area contributed by atoms with Crippen LogP contribution in [0.5, 0.6) is 0 Å². The normalized spacial score (nSPS) is 16.9. The van der Waals surface area contributed by atoms with Crippen molar-refractivity contribution in [2.45, 2.75) is 103 Å². The second kappa shape index (κ2) is 20.8. The Balaban J connectivity index is 0.696. The first-order valence-electron chi connectivity index (χ1n) is 34.2. The maximum atomic E-state index is 15.8. The highest BCUT2D eigenvalue weighted by Crippen LogP contribution is 2.61. The number of imide groups is 4. The van der Waals surface area contributed by atoms with Gasteiger partial charge in [-0.25, -0.2) is 9.80 Å². The van der Waals surface area contributed by atoms with Crippen LogP contribution in [0.4, 0.5) is 11.4 Å². The van der Waals surface area contributed by atoms with Crippen LogP contribution in [0.2, 0.25) is 0 Å². The number of fused-ring (bicyclic) bond motifs is 4. The Morgan fingerprint density at radius 2 is 0.510 bits per heavy atom. The van der Waals surface area contributed by atoms with Gasteiger partial charge in [0, 0.05) is 91.0 Å². The highest BCUT2D eigenvalue weighted by atomic mass is 16.2. The van der Waals surface area contributed by atoms with Gasteiger partial charge in [-0.3, -0.25) is 48.2 Å². The number of anilines is 2. The molecule has 0 saturated carbocycles. The first-order chi connectivity index (χ1) is 47.0. The highest BCUT2D eigenvalue weighted by Gasteiger charge is 2.49. The predicted molar refractivity (Wildman–Crippen MR) is 376 cm³/mol. The fraction of sp³-hybridized carbons (Fsp3) is 0.214. The van der Waals surface area contributed by atoms with E-state index in [4.69, 9.17) is 0 Å². The Labute approximate surface area is 551 Å². The van der Waals surface area contributed by atoms with Gasteiger partial charge in [0.05, 0.1) is 11.4 Å². The number of carbonyl (C=O) groups is 8. The molecule has 0 N–H and O–H groups in total. The molecule has 4 aliphatic heterocycles. The van der Waals surface area contributed by atoms with Gasteiger partial charge in [0.25, 0.3) is 47.3 Å². The van der Waals surface area contributed by atoms with Crippen molar-refractivity contribution >= 4 is 145 Å². The zero-order valence-corrected chi connectivity index (χ0v) is 53.1. The molecule has 4 heterocycles. The monoisotopic (exact) mass is 1250 g/mol. The third-order valence-corrected chi connectivity index (χ3v) is 22.4. The lowest BCUT2D eigenvalue weighted by Crippen LogP contribution is -2.43. The summed E-state index contributed by atoms with van der Waals surface area (Å²) >= 11 is 0. The molecule has 12 heteroatoms. The number of unbranched alkanes of at least 4 members (excludes halogenated alkanes) is 10. The van der Waals surface area contributed by atoms with Crippen LogP contribution < -0.4 is 9.80 Å². The van der Waals surface area contributed by atoms with Crippen molar-refractivity contribution < 1.29 is 38.4 Å². The molecule has 466 valence electrons. The minimum atomic E-state index is -0.640. The average molecular weight is 1260 g/mol. The Morgan fingerprint density at radius 3 is 0.812 bits per heavy atom. The van der Waals surface area contributed by atoms with Gasteiger partial charge < -0.3 is 0 Å².